The number of carbonyl (C=O) groups excluding carboxylic acids is 2. The first-order valence-corrected chi connectivity index (χ1v) is 7.42. The predicted octanol–water partition coefficient (Wildman–Crippen LogP) is 2.45. The predicted molar refractivity (Wildman–Crippen MR) is 88.1 cm³/mol. The average Bonchev–Trinajstić information content (AvgIpc) is 2.55. The highest BCUT2D eigenvalue weighted by atomic mass is 35.5. The molecule has 0 aliphatic rings. The minimum atomic E-state index is -0.916. The molecule has 0 saturated heterocycles. The van der Waals surface area contributed by atoms with E-state index in [1.54, 1.807) is 55.5 Å². The van der Waals surface area contributed by atoms with Gasteiger partial charge in [0.1, 0.15) is 11.8 Å². The zero-order valence-electron chi connectivity index (χ0n) is 12.5. The van der Waals surface area contributed by atoms with E-state index in [0.717, 1.165) is 0 Å². The molecule has 5 nitrogen and oxygen atoms in total. The Morgan fingerprint density at radius 1 is 1.09 bits per heavy atom. The maximum atomic E-state index is 12.3. The van der Waals surface area contributed by atoms with Crippen molar-refractivity contribution in [1.82, 2.24) is 5.32 Å². The van der Waals surface area contributed by atoms with E-state index in [2.05, 4.69) is 5.32 Å². The molecule has 0 bridgehead atoms. The van der Waals surface area contributed by atoms with Gasteiger partial charge in [-0.1, -0.05) is 54.1 Å². The van der Waals surface area contributed by atoms with Gasteiger partial charge in [-0.3, -0.25) is 9.59 Å². The van der Waals surface area contributed by atoms with Crippen molar-refractivity contribution in [2.45, 2.75) is 19.1 Å². The number of hydrogen-bond acceptors (Lipinski definition) is 3. The van der Waals surface area contributed by atoms with Crippen molar-refractivity contribution < 1.29 is 14.3 Å². The number of ether oxygens (including phenoxy) is 1. The Hall–Kier alpha value is -2.53. The molecule has 2 aromatic carbocycles. The van der Waals surface area contributed by atoms with Crippen molar-refractivity contribution in [2.24, 2.45) is 5.73 Å². The third kappa shape index (κ3) is 4.47. The van der Waals surface area contributed by atoms with Crippen LogP contribution in [0.2, 0.25) is 5.02 Å². The number of nitrogens with one attached hydrogen (secondary N) is 1. The molecule has 0 heterocycles. The van der Waals surface area contributed by atoms with Crippen molar-refractivity contribution >= 4 is 23.4 Å². The number of para-hydroxylation sites is 1. The molecule has 0 saturated carbocycles. The number of nitrogens with two attached hydrogens (primary N) is 1. The Morgan fingerprint density at radius 2 is 1.70 bits per heavy atom. The molecular formula is C17H17ClN2O3. The lowest BCUT2D eigenvalue weighted by molar-refractivity contribution is -0.131. The van der Waals surface area contributed by atoms with Crippen LogP contribution in [0.5, 0.6) is 5.75 Å². The number of amides is 2. The quantitative estimate of drug-likeness (QED) is 0.852. The van der Waals surface area contributed by atoms with E-state index in [-0.39, 0.29) is 0 Å². The lowest BCUT2D eigenvalue weighted by atomic mass is 10.1. The van der Waals surface area contributed by atoms with E-state index in [1.807, 2.05) is 6.07 Å². The van der Waals surface area contributed by atoms with Crippen molar-refractivity contribution in [1.29, 1.82) is 0 Å². The second-order valence-corrected chi connectivity index (χ2v) is 5.35. The number of halogens is 1. The summed E-state index contributed by atoms with van der Waals surface area (Å²) >= 11 is 5.99. The van der Waals surface area contributed by atoms with E-state index < -0.39 is 24.0 Å². The van der Waals surface area contributed by atoms with Crippen LogP contribution in [0.15, 0.2) is 54.6 Å². The summed E-state index contributed by atoms with van der Waals surface area (Å²) in [6.45, 7) is 1.57. The highest BCUT2D eigenvalue weighted by molar-refractivity contribution is 6.32. The smallest absolute Gasteiger partial charge is 0.261 e. The summed E-state index contributed by atoms with van der Waals surface area (Å²) in [6.07, 6.45) is -0.833. The zero-order chi connectivity index (χ0) is 16.8. The molecule has 0 aliphatic heterocycles. The zero-order valence-corrected chi connectivity index (χ0v) is 13.3. The van der Waals surface area contributed by atoms with Crippen molar-refractivity contribution in [2.75, 3.05) is 0 Å². The maximum absolute atomic E-state index is 12.3. The van der Waals surface area contributed by atoms with Crippen LogP contribution in [0, 0.1) is 0 Å². The van der Waals surface area contributed by atoms with Crippen molar-refractivity contribution in [3.8, 4) is 5.75 Å². The third-order valence-corrected chi connectivity index (χ3v) is 3.53. The molecule has 0 unspecified atom stereocenters. The largest absolute Gasteiger partial charge is 0.479 e. The highest BCUT2D eigenvalue weighted by Crippen LogP contribution is 2.24. The fourth-order valence-electron chi connectivity index (χ4n) is 2.01. The molecule has 0 aromatic heterocycles. The summed E-state index contributed by atoms with van der Waals surface area (Å²) < 4.78 is 5.53. The van der Waals surface area contributed by atoms with Crippen molar-refractivity contribution in [3.63, 3.8) is 0 Å². The number of hydrogen-bond donors (Lipinski definition) is 2. The fraction of sp³-hybridized carbons (Fsp3) is 0.176. The fourth-order valence-corrected chi connectivity index (χ4v) is 2.19. The molecule has 2 rings (SSSR count). The first-order valence-electron chi connectivity index (χ1n) is 7.05. The first kappa shape index (κ1) is 16.8. The van der Waals surface area contributed by atoms with Crippen LogP contribution in [0.25, 0.3) is 0 Å². The normalized spacial score (nSPS) is 13.0. The Morgan fingerprint density at radius 3 is 2.30 bits per heavy atom. The van der Waals surface area contributed by atoms with Crippen LogP contribution in [0.1, 0.15) is 18.5 Å². The van der Waals surface area contributed by atoms with E-state index in [0.29, 0.717) is 16.3 Å². The Kier molecular flexibility index (Phi) is 5.60. The maximum Gasteiger partial charge on any atom is 0.261 e. The standard InChI is InChI=1S/C17H17ClN2O3/c1-11(23-14-10-6-5-9-13(14)18)17(22)20-15(16(19)21)12-7-3-2-4-8-12/h2-11,15H,1H3,(H2,19,21)(H,20,22)/t11-,15-/m1/s1. The van der Waals surface area contributed by atoms with E-state index >= 15 is 0 Å². The van der Waals surface area contributed by atoms with Gasteiger partial charge in [0.05, 0.1) is 5.02 Å². The summed E-state index contributed by atoms with van der Waals surface area (Å²) in [6, 6.07) is 14.7. The van der Waals surface area contributed by atoms with Gasteiger partial charge in [0.2, 0.25) is 5.91 Å². The third-order valence-electron chi connectivity index (χ3n) is 3.21. The van der Waals surface area contributed by atoms with Gasteiger partial charge in [-0.25, -0.2) is 0 Å². The Bertz CT molecular complexity index is 691. The molecule has 2 aromatic rings. The van der Waals surface area contributed by atoms with Gasteiger partial charge in [0, 0.05) is 0 Å². The van der Waals surface area contributed by atoms with E-state index in [9.17, 15) is 9.59 Å². The molecule has 23 heavy (non-hydrogen) atoms. The number of rotatable bonds is 6. The molecule has 0 spiro atoms. The minimum absolute atomic E-state index is 0.396. The van der Waals surface area contributed by atoms with Gasteiger partial charge in [-0.15, -0.1) is 0 Å². The molecule has 0 fully saturated rings. The Labute approximate surface area is 139 Å². The van der Waals surface area contributed by atoms with Crippen LogP contribution in [-0.2, 0) is 9.59 Å². The van der Waals surface area contributed by atoms with Gasteiger partial charge >= 0.3 is 0 Å². The van der Waals surface area contributed by atoms with Crippen LogP contribution in [-0.4, -0.2) is 17.9 Å². The molecule has 2 atom stereocenters. The number of primary amides is 1. The van der Waals surface area contributed by atoms with Crippen LogP contribution >= 0.6 is 11.6 Å². The monoisotopic (exact) mass is 332 g/mol. The molecule has 0 aliphatic carbocycles. The van der Waals surface area contributed by atoms with E-state index in [4.69, 9.17) is 22.1 Å². The summed E-state index contributed by atoms with van der Waals surface area (Å²) in [5.41, 5.74) is 5.99. The lowest BCUT2D eigenvalue weighted by Gasteiger charge is -2.20. The number of carbonyl (C=O) groups is 2. The van der Waals surface area contributed by atoms with Crippen LogP contribution < -0.4 is 15.8 Å². The average molecular weight is 333 g/mol. The van der Waals surface area contributed by atoms with E-state index in [1.165, 1.54) is 0 Å². The van der Waals surface area contributed by atoms with Gasteiger partial charge in [0.25, 0.3) is 5.91 Å². The molecule has 120 valence electrons. The Balaban J connectivity index is 2.07. The molecule has 3 N–H and O–H groups in total. The summed E-state index contributed by atoms with van der Waals surface area (Å²) in [5, 5.41) is 2.99. The summed E-state index contributed by atoms with van der Waals surface area (Å²) in [7, 11) is 0. The summed E-state index contributed by atoms with van der Waals surface area (Å²) in [4.78, 5) is 23.9. The second-order valence-electron chi connectivity index (χ2n) is 4.95. The van der Waals surface area contributed by atoms with Crippen LogP contribution in [0.4, 0.5) is 0 Å². The van der Waals surface area contributed by atoms with Gasteiger partial charge < -0.3 is 15.8 Å². The van der Waals surface area contributed by atoms with Gasteiger partial charge in [-0.05, 0) is 24.6 Å². The van der Waals surface area contributed by atoms with Crippen molar-refractivity contribution in [3.05, 3.63) is 65.2 Å². The van der Waals surface area contributed by atoms with Gasteiger partial charge in [-0.2, -0.15) is 0 Å². The first-order chi connectivity index (χ1) is 11.0. The van der Waals surface area contributed by atoms with Crippen LogP contribution in [0.3, 0.4) is 0 Å². The van der Waals surface area contributed by atoms with Gasteiger partial charge in [0.15, 0.2) is 6.10 Å². The number of benzene rings is 2. The minimum Gasteiger partial charge on any atom is -0.479 e. The molecule has 2 amide bonds. The molecular weight excluding hydrogens is 316 g/mol. The molecule has 0 radical (unpaired) electrons. The topological polar surface area (TPSA) is 81.4 Å². The highest BCUT2D eigenvalue weighted by Gasteiger charge is 2.24. The molecule has 6 heteroatoms. The SMILES string of the molecule is C[C@@H](Oc1ccccc1Cl)C(=O)N[C@@H](C(N)=O)c1ccccc1. The summed E-state index contributed by atoms with van der Waals surface area (Å²) in [5.74, 6) is -0.709. The lowest BCUT2D eigenvalue weighted by Crippen LogP contribution is -2.43. The second kappa shape index (κ2) is 7.65.